The van der Waals surface area contributed by atoms with Crippen LogP contribution in [0.5, 0.6) is 5.75 Å². The van der Waals surface area contributed by atoms with Gasteiger partial charge in [-0.2, -0.15) is 0 Å². The van der Waals surface area contributed by atoms with E-state index in [0.717, 1.165) is 16.9 Å². The van der Waals surface area contributed by atoms with Gasteiger partial charge in [0.1, 0.15) is 12.4 Å². The van der Waals surface area contributed by atoms with E-state index in [9.17, 15) is 9.59 Å². The Morgan fingerprint density at radius 1 is 1.07 bits per heavy atom. The molecule has 0 spiro atoms. The third kappa shape index (κ3) is 7.83. The number of hydrogen-bond acceptors (Lipinski definition) is 5. The van der Waals surface area contributed by atoms with Gasteiger partial charge in [0.15, 0.2) is 0 Å². The zero-order valence-electron chi connectivity index (χ0n) is 16.9. The lowest BCUT2D eigenvalue weighted by Crippen LogP contribution is -2.42. The maximum absolute atomic E-state index is 12.3. The Morgan fingerprint density at radius 3 is 2.41 bits per heavy atom. The maximum atomic E-state index is 12.3. The first-order chi connectivity index (χ1) is 14.0. The summed E-state index contributed by atoms with van der Waals surface area (Å²) in [5, 5.41) is 5.57. The van der Waals surface area contributed by atoms with Crippen molar-refractivity contribution >= 4 is 12.0 Å². The second-order valence-electron chi connectivity index (χ2n) is 6.74. The van der Waals surface area contributed by atoms with Crippen LogP contribution >= 0.6 is 0 Å². The minimum Gasteiger partial charge on any atom is -0.497 e. The van der Waals surface area contributed by atoms with Crippen LogP contribution in [0, 0.1) is 0 Å². The van der Waals surface area contributed by atoms with E-state index < -0.39 is 12.1 Å². The zero-order valence-corrected chi connectivity index (χ0v) is 16.9. The Morgan fingerprint density at radius 2 is 1.76 bits per heavy atom. The van der Waals surface area contributed by atoms with E-state index in [1.54, 1.807) is 7.11 Å². The van der Waals surface area contributed by atoms with Crippen LogP contribution in [0.15, 0.2) is 54.6 Å². The molecule has 156 valence electrons. The summed E-state index contributed by atoms with van der Waals surface area (Å²) in [4.78, 5) is 24.0. The first kappa shape index (κ1) is 22.2. The molecule has 2 aromatic carbocycles. The van der Waals surface area contributed by atoms with E-state index in [0.29, 0.717) is 19.4 Å². The monoisotopic (exact) mass is 399 g/mol. The molecule has 7 heteroatoms. The number of ether oxygens (including phenoxy) is 2. The third-order valence-corrected chi connectivity index (χ3v) is 4.49. The summed E-state index contributed by atoms with van der Waals surface area (Å²) in [6.45, 7) is 2.51. The highest BCUT2D eigenvalue weighted by atomic mass is 16.5. The molecule has 0 aromatic heterocycles. The van der Waals surface area contributed by atoms with Crippen molar-refractivity contribution in [3.63, 3.8) is 0 Å². The minimum absolute atomic E-state index is 0.162. The molecule has 0 saturated carbocycles. The van der Waals surface area contributed by atoms with E-state index >= 15 is 0 Å². The highest BCUT2D eigenvalue weighted by molar-refractivity contribution is 5.81. The van der Waals surface area contributed by atoms with Crippen LogP contribution in [0.25, 0.3) is 0 Å². The number of hydrogen-bond donors (Lipinski definition) is 3. The molecule has 2 atom stereocenters. The lowest BCUT2D eigenvalue weighted by molar-refractivity contribution is -0.123. The van der Waals surface area contributed by atoms with Gasteiger partial charge in [-0.1, -0.05) is 42.5 Å². The molecule has 0 unspecified atom stereocenters. The van der Waals surface area contributed by atoms with Gasteiger partial charge < -0.3 is 25.8 Å². The second-order valence-corrected chi connectivity index (χ2v) is 6.74. The molecule has 0 aliphatic rings. The molecule has 2 aromatic rings. The lowest BCUT2D eigenvalue weighted by Gasteiger charge is -2.18. The number of methoxy groups -OCH3 is 1. The normalized spacial score (nSPS) is 12.5. The predicted molar refractivity (Wildman–Crippen MR) is 111 cm³/mol. The van der Waals surface area contributed by atoms with Gasteiger partial charge in [0.05, 0.1) is 19.2 Å². The maximum Gasteiger partial charge on any atom is 0.407 e. The third-order valence-electron chi connectivity index (χ3n) is 4.49. The number of amides is 2. The van der Waals surface area contributed by atoms with Gasteiger partial charge in [-0.15, -0.1) is 0 Å². The molecule has 0 radical (unpaired) electrons. The number of nitrogens with two attached hydrogens (primary N) is 1. The van der Waals surface area contributed by atoms with Crippen molar-refractivity contribution in [3.05, 3.63) is 65.7 Å². The second kappa shape index (κ2) is 11.7. The van der Waals surface area contributed by atoms with Gasteiger partial charge in [-0.3, -0.25) is 4.79 Å². The van der Waals surface area contributed by atoms with Crippen molar-refractivity contribution in [1.29, 1.82) is 0 Å². The van der Waals surface area contributed by atoms with Gasteiger partial charge in [-0.05, 0) is 43.0 Å². The number of carbonyl (C=O) groups excluding carboxylic acids is 2. The summed E-state index contributed by atoms with van der Waals surface area (Å²) in [5.74, 6) is 0.541. The highest BCUT2D eigenvalue weighted by Crippen LogP contribution is 2.17. The Balaban J connectivity index is 1.62. The van der Waals surface area contributed by atoms with Crippen molar-refractivity contribution in [2.75, 3.05) is 13.7 Å². The van der Waals surface area contributed by atoms with E-state index in [2.05, 4.69) is 10.6 Å². The van der Waals surface area contributed by atoms with Crippen LogP contribution < -0.4 is 21.1 Å². The summed E-state index contributed by atoms with van der Waals surface area (Å²) in [5.41, 5.74) is 7.86. The summed E-state index contributed by atoms with van der Waals surface area (Å²) in [6.07, 6.45) is 0.548. The molecule has 0 aliphatic heterocycles. The fraction of sp³-hybridized carbons (Fsp3) is 0.364. The molecule has 0 saturated heterocycles. The Hall–Kier alpha value is -3.06. The minimum atomic E-state index is -0.641. The van der Waals surface area contributed by atoms with Crippen LogP contribution in [0.4, 0.5) is 4.79 Å². The van der Waals surface area contributed by atoms with Crippen molar-refractivity contribution in [2.24, 2.45) is 5.73 Å². The highest BCUT2D eigenvalue weighted by Gasteiger charge is 2.16. The topological polar surface area (TPSA) is 103 Å². The number of alkyl carbamates (subject to hydrolysis) is 1. The smallest absolute Gasteiger partial charge is 0.407 e. The SMILES string of the molecule is COc1ccc([C@@H](C)NC(=O)[C@H](N)CCCNC(=O)OCc2ccccc2)cc1. The molecule has 0 heterocycles. The summed E-state index contributed by atoms with van der Waals surface area (Å²) in [7, 11) is 1.61. The van der Waals surface area contributed by atoms with Gasteiger partial charge in [-0.25, -0.2) is 4.79 Å². The van der Waals surface area contributed by atoms with E-state index in [1.807, 2.05) is 61.5 Å². The molecule has 29 heavy (non-hydrogen) atoms. The van der Waals surface area contributed by atoms with Crippen molar-refractivity contribution < 1.29 is 19.1 Å². The van der Waals surface area contributed by atoms with Crippen LogP contribution in [0.1, 0.15) is 36.9 Å². The standard InChI is InChI=1S/C22H29N3O4/c1-16(18-10-12-19(28-2)13-11-18)25-21(26)20(23)9-6-14-24-22(27)29-15-17-7-4-3-5-8-17/h3-5,7-8,10-13,16,20H,6,9,14-15,23H2,1-2H3,(H,24,27)(H,25,26)/t16-,20-/m1/s1. The number of carbonyl (C=O) groups is 2. The largest absolute Gasteiger partial charge is 0.497 e. The first-order valence-corrected chi connectivity index (χ1v) is 9.64. The number of rotatable bonds is 10. The van der Waals surface area contributed by atoms with Gasteiger partial charge in [0.25, 0.3) is 0 Å². The van der Waals surface area contributed by atoms with E-state index in [1.165, 1.54) is 0 Å². The van der Waals surface area contributed by atoms with Crippen molar-refractivity contribution in [2.45, 2.75) is 38.5 Å². The average Bonchev–Trinajstić information content (AvgIpc) is 2.75. The summed E-state index contributed by atoms with van der Waals surface area (Å²) >= 11 is 0. The van der Waals surface area contributed by atoms with Crippen LogP contribution in [-0.2, 0) is 16.1 Å². The summed E-state index contributed by atoms with van der Waals surface area (Å²) < 4.78 is 10.3. The van der Waals surface area contributed by atoms with Crippen molar-refractivity contribution in [1.82, 2.24) is 10.6 Å². The fourth-order valence-corrected chi connectivity index (χ4v) is 2.71. The van der Waals surface area contributed by atoms with Gasteiger partial charge in [0.2, 0.25) is 5.91 Å². The van der Waals surface area contributed by atoms with Crippen LogP contribution in [0.2, 0.25) is 0 Å². The number of benzene rings is 2. The molecule has 4 N–H and O–H groups in total. The molecular weight excluding hydrogens is 370 g/mol. The van der Waals surface area contributed by atoms with Gasteiger partial charge in [0, 0.05) is 6.54 Å². The quantitative estimate of drug-likeness (QED) is 0.533. The van der Waals surface area contributed by atoms with E-state index in [-0.39, 0.29) is 18.6 Å². The zero-order chi connectivity index (χ0) is 21.1. The summed E-state index contributed by atoms with van der Waals surface area (Å²) in [6, 6.07) is 16.2. The molecule has 0 bridgehead atoms. The predicted octanol–water partition coefficient (Wildman–Crippen LogP) is 2.91. The Bertz CT molecular complexity index is 765. The molecule has 0 aliphatic carbocycles. The van der Waals surface area contributed by atoms with E-state index in [4.69, 9.17) is 15.2 Å². The van der Waals surface area contributed by atoms with Crippen LogP contribution in [0.3, 0.4) is 0 Å². The Kier molecular flexibility index (Phi) is 8.98. The van der Waals surface area contributed by atoms with Gasteiger partial charge >= 0.3 is 6.09 Å². The molecule has 7 nitrogen and oxygen atoms in total. The van der Waals surface area contributed by atoms with Crippen LogP contribution in [-0.4, -0.2) is 31.7 Å². The lowest BCUT2D eigenvalue weighted by atomic mass is 10.1. The number of nitrogens with one attached hydrogen (secondary N) is 2. The Labute approximate surface area is 171 Å². The average molecular weight is 399 g/mol. The fourth-order valence-electron chi connectivity index (χ4n) is 2.71. The molecule has 0 fully saturated rings. The molecule has 2 rings (SSSR count). The van der Waals surface area contributed by atoms with Crippen molar-refractivity contribution in [3.8, 4) is 5.75 Å². The molecular formula is C22H29N3O4. The molecule has 2 amide bonds. The first-order valence-electron chi connectivity index (χ1n) is 9.64.